The van der Waals surface area contributed by atoms with Gasteiger partial charge in [-0.2, -0.15) is 4.98 Å². The minimum Gasteiger partial charge on any atom is -0.493 e. The number of fused-ring (bicyclic) bond motifs is 3. The Hall–Kier alpha value is -3.53. The lowest BCUT2D eigenvalue weighted by molar-refractivity contribution is 0.0714. The van der Waals surface area contributed by atoms with Gasteiger partial charge in [0.25, 0.3) is 5.91 Å². The van der Waals surface area contributed by atoms with Crippen molar-refractivity contribution in [1.82, 2.24) is 20.2 Å². The Balaban J connectivity index is 0.000000223. The van der Waals surface area contributed by atoms with Crippen LogP contribution in [0.4, 0.5) is 11.8 Å². The molecular formula is C30H42N6O4. The van der Waals surface area contributed by atoms with E-state index in [-0.39, 0.29) is 5.91 Å². The molecule has 3 atom stereocenters. The summed E-state index contributed by atoms with van der Waals surface area (Å²) in [5, 5.41) is 4.26. The molecule has 3 heterocycles. The van der Waals surface area contributed by atoms with E-state index in [1.54, 1.807) is 43.4 Å². The number of carbonyl (C=O) groups excluding carboxylic acids is 1. The highest BCUT2D eigenvalue weighted by molar-refractivity contribution is 5.92. The number of ether oxygens (including phenoxy) is 2. The maximum atomic E-state index is 12.4. The number of hydrogen-bond donors (Lipinski definition) is 2. The smallest absolute Gasteiger partial charge is 0.289 e. The Kier molecular flexibility index (Phi) is 7.56. The van der Waals surface area contributed by atoms with E-state index in [0.717, 1.165) is 11.8 Å². The number of carbonyl (C=O) groups is 1. The lowest BCUT2D eigenvalue weighted by Gasteiger charge is -2.47. The van der Waals surface area contributed by atoms with Gasteiger partial charge in [0.15, 0.2) is 17.3 Å². The molecule has 3 unspecified atom stereocenters. The maximum absolute atomic E-state index is 12.4. The zero-order chi connectivity index (χ0) is 28.7. The van der Waals surface area contributed by atoms with E-state index in [2.05, 4.69) is 43.1 Å². The first kappa shape index (κ1) is 28.0. The van der Waals surface area contributed by atoms with Gasteiger partial charge in [0.05, 0.1) is 26.0 Å². The summed E-state index contributed by atoms with van der Waals surface area (Å²) in [6.45, 7) is 9.59. The van der Waals surface area contributed by atoms with Crippen molar-refractivity contribution >= 4 is 28.6 Å². The predicted octanol–water partition coefficient (Wildman–Crippen LogP) is 4.21. The number of nitrogens with two attached hydrogens (primary N) is 1. The standard InChI is InChI=1S/C19H21N5O4.C11H21N/c1-26-15-10-12-13(11-16(15)27-2)21-19(22-17(12)20)24-7-5-23(6-8-24)18(25)14-4-3-9-28-14;1-10(2)8-5-6-9(7-8)11(10,3)12-4/h3-4,9-11H,5-8H2,1-2H3,(H2,20,21,22);8-9,12H,5-7H2,1-4H3. The number of amides is 1. The monoisotopic (exact) mass is 550 g/mol. The molecule has 1 aromatic carbocycles. The molecule has 10 nitrogen and oxygen atoms in total. The van der Waals surface area contributed by atoms with Gasteiger partial charge in [-0.15, -0.1) is 0 Å². The molecule has 1 amide bonds. The number of anilines is 2. The average molecular weight is 551 g/mol. The first-order chi connectivity index (χ1) is 19.1. The zero-order valence-electron chi connectivity index (χ0n) is 24.5. The molecule has 0 radical (unpaired) electrons. The summed E-state index contributed by atoms with van der Waals surface area (Å²) in [6.07, 6.45) is 5.88. The summed E-state index contributed by atoms with van der Waals surface area (Å²) in [4.78, 5) is 25.3. The van der Waals surface area contributed by atoms with E-state index < -0.39 is 0 Å². The van der Waals surface area contributed by atoms with Crippen LogP contribution >= 0.6 is 0 Å². The largest absolute Gasteiger partial charge is 0.493 e. The molecule has 3 N–H and O–H groups in total. The second-order valence-electron chi connectivity index (χ2n) is 11.8. The molecule has 1 aliphatic heterocycles. The van der Waals surface area contributed by atoms with Crippen LogP contribution in [0.5, 0.6) is 11.5 Å². The fourth-order valence-corrected chi connectivity index (χ4v) is 6.91. The van der Waals surface area contributed by atoms with E-state index >= 15 is 0 Å². The van der Waals surface area contributed by atoms with Crippen molar-refractivity contribution in [2.75, 3.05) is 58.1 Å². The van der Waals surface area contributed by atoms with Crippen molar-refractivity contribution in [3.8, 4) is 11.5 Å². The molecule has 1 saturated heterocycles. The van der Waals surface area contributed by atoms with Gasteiger partial charge < -0.3 is 34.7 Å². The summed E-state index contributed by atoms with van der Waals surface area (Å²) < 4.78 is 15.9. The fourth-order valence-electron chi connectivity index (χ4n) is 6.91. The predicted molar refractivity (Wildman–Crippen MR) is 156 cm³/mol. The Labute approximate surface area is 236 Å². The molecule has 3 fully saturated rings. The molecular weight excluding hydrogens is 508 g/mol. The quantitative estimate of drug-likeness (QED) is 0.482. The lowest BCUT2D eigenvalue weighted by Crippen LogP contribution is -2.55. The van der Waals surface area contributed by atoms with Crippen LogP contribution in [-0.2, 0) is 0 Å². The van der Waals surface area contributed by atoms with Crippen LogP contribution < -0.4 is 25.4 Å². The summed E-state index contributed by atoms with van der Waals surface area (Å²) >= 11 is 0. The number of methoxy groups -OCH3 is 2. The number of hydrogen-bond acceptors (Lipinski definition) is 9. The van der Waals surface area contributed by atoms with Crippen LogP contribution in [0, 0.1) is 17.3 Å². The Bertz CT molecular complexity index is 1350. The fraction of sp³-hybridized carbons (Fsp3) is 0.567. The highest BCUT2D eigenvalue weighted by atomic mass is 16.5. The third-order valence-electron chi connectivity index (χ3n) is 9.93. The number of nitrogens with zero attached hydrogens (tertiary/aromatic N) is 4. The van der Waals surface area contributed by atoms with Gasteiger partial charge >= 0.3 is 0 Å². The van der Waals surface area contributed by atoms with Crippen molar-refractivity contribution in [3.05, 3.63) is 36.3 Å². The molecule has 3 aromatic rings. The van der Waals surface area contributed by atoms with E-state index in [1.165, 1.54) is 25.5 Å². The first-order valence-corrected chi connectivity index (χ1v) is 14.1. The van der Waals surface area contributed by atoms with Crippen molar-refractivity contribution < 1.29 is 18.7 Å². The van der Waals surface area contributed by atoms with Gasteiger partial charge in [0.1, 0.15) is 5.82 Å². The number of piperazine rings is 1. The van der Waals surface area contributed by atoms with Gasteiger partial charge in [-0.1, -0.05) is 13.8 Å². The van der Waals surface area contributed by atoms with Gasteiger partial charge in [-0.3, -0.25) is 4.79 Å². The minimum atomic E-state index is -0.111. The molecule has 6 rings (SSSR count). The van der Waals surface area contributed by atoms with Gasteiger partial charge in [0.2, 0.25) is 5.95 Å². The molecule has 216 valence electrons. The van der Waals surface area contributed by atoms with E-state index in [4.69, 9.17) is 19.6 Å². The van der Waals surface area contributed by atoms with Crippen molar-refractivity contribution in [2.45, 2.75) is 45.6 Å². The summed E-state index contributed by atoms with van der Waals surface area (Å²) in [7, 11) is 5.27. The van der Waals surface area contributed by atoms with Crippen molar-refractivity contribution in [3.63, 3.8) is 0 Å². The normalized spacial score (nSPS) is 25.1. The van der Waals surface area contributed by atoms with Crippen LogP contribution in [0.2, 0.25) is 0 Å². The SMILES string of the molecule is CNC1(C)C2CCC(C2)C1(C)C.COc1cc2nc(N3CCN(C(=O)c4ccco4)CC3)nc(N)c2cc1OC. The molecule has 2 aliphatic carbocycles. The number of benzene rings is 1. The topological polar surface area (TPSA) is 119 Å². The highest BCUT2D eigenvalue weighted by Crippen LogP contribution is 2.61. The van der Waals surface area contributed by atoms with E-state index in [0.29, 0.717) is 77.1 Å². The molecule has 2 bridgehead atoms. The lowest BCUT2D eigenvalue weighted by atomic mass is 9.64. The van der Waals surface area contributed by atoms with Crippen LogP contribution in [-0.4, -0.2) is 73.8 Å². The molecule has 40 heavy (non-hydrogen) atoms. The Morgan fingerprint density at radius 3 is 2.27 bits per heavy atom. The first-order valence-electron chi connectivity index (χ1n) is 14.1. The van der Waals surface area contributed by atoms with Gasteiger partial charge in [-0.05, 0) is 68.7 Å². The minimum absolute atomic E-state index is 0.111. The molecule has 0 spiro atoms. The van der Waals surface area contributed by atoms with Crippen LogP contribution in [0.25, 0.3) is 10.9 Å². The number of rotatable bonds is 5. The molecule has 2 saturated carbocycles. The number of nitrogens with one attached hydrogen (secondary N) is 1. The van der Waals surface area contributed by atoms with Crippen molar-refractivity contribution in [2.24, 2.45) is 17.3 Å². The third kappa shape index (κ3) is 4.72. The van der Waals surface area contributed by atoms with Crippen LogP contribution in [0.1, 0.15) is 50.6 Å². The van der Waals surface area contributed by atoms with E-state index in [9.17, 15) is 4.79 Å². The second kappa shape index (κ2) is 10.8. The molecule has 3 aliphatic rings. The molecule has 10 heteroatoms. The number of nitrogen functional groups attached to an aromatic ring is 1. The summed E-state index contributed by atoms with van der Waals surface area (Å²) in [5.41, 5.74) is 7.75. The molecule has 2 aromatic heterocycles. The average Bonchev–Trinajstić information content (AvgIpc) is 3.72. The number of furan rings is 1. The third-order valence-corrected chi connectivity index (χ3v) is 9.93. The van der Waals surface area contributed by atoms with Crippen LogP contribution in [0.15, 0.2) is 34.9 Å². The summed E-state index contributed by atoms with van der Waals surface area (Å²) in [6, 6.07) is 6.93. The summed E-state index contributed by atoms with van der Waals surface area (Å²) in [5.74, 6) is 4.19. The van der Waals surface area contributed by atoms with Gasteiger partial charge in [-0.25, -0.2) is 4.98 Å². The van der Waals surface area contributed by atoms with Gasteiger partial charge in [0, 0.05) is 43.2 Å². The zero-order valence-corrected chi connectivity index (χ0v) is 24.5. The van der Waals surface area contributed by atoms with Crippen LogP contribution in [0.3, 0.4) is 0 Å². The highest BCUT2D eigenvalue weighted by Gasteiger charge is 2.59. The maximum Gasteiger partial charge on any atom is 0.289 e. The van der Waals surface area contributed by atoms with Crippen molar-refractivity contribution in [1.29, 1.82) is 0 Å². The van der Waals surface area contributed by atoms with E-state index in [1.807, 2.05) is 4.90 Å². The number of aromatic nitrogens is 2. The Morgan fingerprint density at radius 2 is 1.73 bits per heavy atom. The second-order valence-corrected chi connectivity index (χ2v) is 11.8. The Morgan fingerprint density at radius 1 is 1.05 bits per heavy atom.